The van der Waals surface area contributed by atoms with Crippen LogP contribution in [0.15, 0.2) is 23.1 Å². The third-order valence-electron chi connectivity index (χ3n) is 5.47. The van der Waals surface area contributed by atoms with Gasteiger partial charge in [0.05, 0.1) is 4.90 Å². The largest absolute Gasteiger partial charge is 0.381 e. The Hall–Kier alpha value is -1.13. The molecular weight excluding hydrogens is 376 g/mol. The molecule has 0 radical (unpaired) electrons. The maximum atomic E-state index is 13.4. The first kappa shape index (κ1) is 20.6. The summed E-state index contributed by atoms with van der Waals surface area (Å²) in [6.07, 6.45) is 3.32. The quantitative estimate of drug-likeness (QED) is 0.780. The third-order valence-corrected chi connectivity index (χ3v) is 7.36. The summed E-state index contributed by atoms with van der Waals surface area (Å²) in [7, 11) is -3.82. The standard InChI is InChI=1S/C18H27F2N3O3S/c19-17-2-1-16(13-18(17)20)27(24,25)22-8-3-14(4-9-22)23(10-7-21)15-5-11-26-12-6-15/h1-2,13-15H,3-12,21H2. The number of rotatable bonds is 6. The van der Waals surface area contributed by atoms with Crippen LogP contribution in [0.2, 0.25) is 0 Å². The van der Waals surface area contributed by atoms with Gasteiger partial charge in [-0.25, -0.2) is 17.2 Å². The van der Waals surface area contributed by atoms with Crippen molar-refractivity contribution in [2.75, 3.05) is 39.4 Å². The van der Waals surface area contributed by atoms with Gasteiger partial charge >= 0.3 is 0 Å². The van der Waals surface area contributed by atoms with Crippen LogP contribution in [0.4, 0.5) is 8.78 Å². The van der Waals surface area contributed by atoms with E-state index in [2.05, 4.69) is 4.90 Å². The lowest BCUT2D eigenvalue weighted by Crippen LogP contribution is -2.52. The number of sulfonamides is 1. The molecule has 0 bridgehead atoms. The van der Waals surface area contributed by atoms with Crippen LogP contribution >= 0.6 is 0 Å². The van der Waals surface area contributed by atoms with Crippen LogP contribution in [0.3, 0.4) is 0 Å². The molecule has 0 unspecified atom stereocenters. The molecule has 6 nitrogen and oxygen atoms in total. The van der Waals surface area contributed by atoms with Crippen molar-refractivity contribution in [1.82, 2.24) is 9.21 Å². The van der Waals surface area contributed by atoms with Crippen molar-refractivity contribution >= 4 is 10.0 Å². The van der Waals surface area contributed by atoms with Gasteiger partial charge in [-0.2, -0.15) is 4.31 Å². The molecular formula is C18H27F2N3O3S. The van der Waals surface area contributed by atoms with E-state index in [0.717, 1.165) is 50.8 Å². The normalized spacial score (nSPS) is 21.0. The molecule has 2 N–H and O–H groups in total. The first-order valence-corrected chi connectivity index (χ1v) is 10.9. The summed E-state index contributed by atoms with van der Waals surface area (Å²) in [6, 6.07) is 3.40. The van der Waals surface area contributed by atoms with E-state index in [1.165, 1.54) is 4.31 Å². The molecule has 0 atom stereocenters. The minimum Gasteiger partial charge on any atom is -0.381 e. The second kappa shape index (κ2) is 8.91. The molecule has 0 aliphatic carbocycles. The summed E-state index contributed by atoms with van der Waals surface area (Å²) in [5.74, 6) is -2.21. The highest BCUT2D eigenvalue weighted by atomic mass is 32.2. The molecule has 27 heavy (non-hydrogen) atoms. The minimum atomic E-state index is -3.82. The first-order valence-electron chi connectivity index (χ1n) is 9.42. The molecule has 1 aromatic rings. The molecule has 2 fully saturated rings. The van der Waals surface area contributed by atoms with Crippen molar-refractivity contribution < 1.29 is 21.9 Å². The fourth-order valence-electron chi connectivity index (χ4n) is 4.03. The highest BCUT2D eigenvalue weighted by Crippen LogP contribution is 2.27. The number of piperidine rings is 1. The summed E-state index contributed by atoms with van der Waals surface area (Å²) < 4.78 is 58.8. The van der Waals surface area contributed by atoms with Gasteiger partial charge in [-0.3, -0.25) is 4.90 Å². The number of hydrogen-bond acceptors (Lipinski definition) is 5. The SMILES string of the molecule is NCCN(C1CCOCC1)C1CCN(S(=O)(=O)c2ccc(F)c(F)c2)CC1. The summed E-state index contributed by atoms with van der Waals surface area (Å²) >= 11 is 0. The van der Waals surface area contributed by atoms with Crippen LogP contribution in [-0.2, 0) is 14.8 Å². The van der Waals surface area contributed by atoms with Crippen LogP contribution in [0.25, 0.3) is 0 Å². The number of ether oxygens (including phenoxy) is 1. The van der Waals surface area contributed by atoms with Crippen LogP contribution in [0, 0.1) is 11.6 Å². The number of nitrogens with zero attached hydrogens (tertiary/aromatic N) is 2. The Morgan fingerprint density at radius 2 is 1.70 bits per heavy atom. The number of benzene rings is 1. The average Bonchev–Trinajstić information content (AvgIpc) is 2.69. The third kappa shape index (κ3) is 4.65. The molecule has 0 amide bonds. The predicted molar refractivity (Wildman–Crippen MR) is 97.7 cm³/mol. The molecule has 2 aliphatic rings. The van der Waals surface area contributed by atoms with Gasteiger partial charge in [0, 0.05) is 51.5 Å². The van der Waals surface area contributed by atoms with Crippen molar-refractivity contribution in [3.63, 3.8) is 0 Å². The van der Waals surface area contributed by atoms with E-state index in [4.69, 9.17) is 10.5 Å². The molecule has 2 saturated heterocycles. The molecule has 2 aliphatic heterocycles. The van der Waals surface area contributed by atoms with Crippen molar-refractivity contribution in [2.45, 2.75) is 42.7 Å². The number of hydrogen-bond donors (Lipinski definition) is 1. The van der Waals surface area contributed by atoms with Gasteiger partial charge in [-0.1, -0.05) is 0 Å². The van der Waals surface area contributed by atoms with E-state index < -0.39 is 21.7 Å². The molecule has 1 aromatic carbocycles. The second-order valence-corrected chi connectivity index (χ2v) is 9.02. The fraction of sp³-hybridized carbons (Fsp3) is 0.667. The fourth-order valence-corrected chi connectivity index (χ4v) is 5.51. The topological polar surface area (TPSA) is 75.9 Å². The monoisotopic (exact) mass is 403 g/mol. The van der Waals surface area contributed by atoms with E-state index in [-0.39, 0.29) is 10.9 Å². The van der Waals surface area contributed by atoms with Crippen LogP contribution in [0.5, 0.6) is 0 Å². The Balaban J connectivity index is 1.66. The summed E-state index contributed by atoms with van der Waals surface area (Å²) in [4.78, 5) is 2.20. The van der Waals surface area contributed by atoms with Gasteiger partial charge in [0.25, 0.3) is 0 Å². The summed E-state index contributed by atoms with van der Waals surface area (Å²) in [5, 5.41) is 0. The zero-order valence-electron chi connectivity index (χ0n) is 15.3. The van der Waals surface area contributed by atoms with E-state index in [1.807, 2.05) is 0 Å². The van der Waals surface area contributed by atoms with Gasteiger partial charge in [-0.15, -0.1) is 0 Å². The van der Waals surface area contributed by atoms with E-state index in [0.29, 0.717) is 38.5 Å². The maximum absolute atomic E-state index is 13.4. The molecule has 0 spiro atoms. The number of halogens is 2. The molecule has 3 rings (SSSR count). The van der Waals surface area contributed by atoms with Gasteiger partial charge in [0.1, 0.15) is 0 Å². The highest BCUT2D eigenvalue weighted by molar-refractivity contribution is 7.89. The lowest BCUT2D eigenvalue weighted by atomic mass is 9.99. The smallest absolute Gasteiger partial charge is 0.243 e. The van der Waals surface area contributed by atoms with Gasteiger partial charge in [-0.05, 0) is 43.9 Å². The molecule has 2 heterocycles. The molecule has 0 saturated carbocycles. The lowest BCUT2D eigenvalue weighted by Gasteiger charge is -2.43. The van der Waals surface area contributed by atoms with E-state index in [9.17, 15) is 17.2 Å². The van der Waals surface area contributed by atoms with Crippen LogP contribution in [-0.4, -0.2) is 69.1 Å². The van der Waals surface area contributed by atoms with Gasteiger partial charge in [0.15, 0.2) is 11.6 Å². The minimum absolute atomic E-state index is 0.205. The lowest BCUT2D eigenvalue weighted by molar-refractivity contribution is 0.00838. The van der Waals surface area contributed by atoms with E-state index in [1.54, 1.807) is 0 Å². The van der Waals surface area contributed by atoms with Crippen molar-refractivity contribution in [1.29, 1.82) is 0 Å². The Bertz CT molecular complexity index is 733. The average molecular weight is 403 g/mol. The van der Waals surface area contributed by atoms with E-state index >= 15 is 0 Å². The summed E-state index contributed by atoms with van der Waals surface area (Å²) in [6.45, 7) is 3.55. The Labute approximate surface area is 159 Å². The first-order chi connectivity index (χ1) is 12.9. The van der Waals surface area contributed by atoms with Gasteiger partial charge < -0.3 is 10.5 Å². The van der Waals surface area contributed by atoms with Crippen LogP contribution in [0.1, 0.15) is 25.7 Å². The Morgan fingerprint density at radius 1 is 1.07 bits per heavy atom. The summed E-state index contributed by atoms with van der Waals surface area (Å²) in [5.41, 5.74) is 5.80. The molecule has 9 heteroatoms. The molecule has 152 valence electrons. The van der Waals surface area contributed by atoms with Crippen LogP contribution < -0.4 is 5.73 Å². The Morgan fingerprint density at radius 3 is 2.30 bits per heavy atom. The highest BCUT2D eigenvalue weighted by Gasteiger charge is 2.34. The zero-order valence-corrected chi connectivity index (χ0v) is 16.1. The molecule has 0 aromatic heterocycles. The van der Waals surface area contributed by atoms with Crippen molar-refractivity contribution in [3.05, 3.63) is 29.8 Å². The van der Waals surface area contributed by atoms with Gasteiger partial charge in [0.2, 0.25) is 10.0 Å². The Kier molecular flexibility index (Phi) is 6.80. The van der Waals surface area contributed by atoms with Crippen molar-refractivity contribution in [2.24, 2.45) is 5.73 Å². The maximum Gasteiger partial charge on any atom is 0.243 e. The van der Waals surface area contributed by atoms with Crippen molar-refractivity contribution in [3.8, 4) is 0 Å². The zero-order chi connectivity index (χ0) is 19.4. The second-order valence-electron chi connectivity index (χ2n) is 7.08. The number of nitrogens with two attached hydrogens (primary N) is 1. The predicted octanol–water partition coefficient (Wildman–Crippen LogP) is 1.56.